The summed E-state index contributed by atoms with van der Waals surface area (Å²) in [6.45, 7) is 1.09. The van der Waals surface area contributed by atoms with Gasteiger partial charge in [-0.3, -0.25) is 9.59 Å². The van der Waals surface area contributed by atoms with Crippen molar-refractivity contribution < 1.29 is 31.5 Å². The van der Waals surface area contributed by atoms with E-state index in [1.807, 2.05) is 6.92 Å². The molecular weight excluding hydrogens is 380 g/mol. The van der Waals surface area contributed by atoms with Crippen LogP contribution in [0.15, 0.2) is 47.4 Å². The molecule has 0 aliphatic heterocycles. The number of amides is 1. The summed E-state index contributed by atoms with van der Waals surface area (Å²) in [5.41, 5.74) is 0.636. The number of benzene rings is 2. The van der Waals surface area contributed by atoms with Gasteiger partial charge in [0.2, 0.25) is 0 Å². The first-order chi connectivity index (χ1) is 12.7. The van der Waals surface area contributed by atoms with Crippen molar-refractivity contribution in [2.45, 2.75) is 18.2 Å². The SMILES string of the molecule is Cc1ccc(S(=O)(=O)CCC(=O)OCC(=O)Nc2ccc(F)cc2F)cc1. The number of nitrogens with one attached hydrogen (secondary N) is 1. The van der Waals surface area contributed by atoms with Crippen molar-refractivity contribution in [1.82, 2.24) is 0 Å². The molecule has 6 nitrogen and oxygen atoms in total. The number of esters is 1. The third-order valence-electron chi connectivity index (χ3n) is 3.52. The second-order valence-electron chi connectivity index (χ2n) is 5.71. The zero-order chi connectivity index (χ0) is 20.0. The lowest BCUT2D eigenvalue weighted by atomic mass is 10.2. The first kappa shape index (κ1) is 20.5. The molecule has 0 heterocycles. The van der Waals surface area contributed by atoms with E-state index in [4.69, 9.17) is 0 Å². The van der Waals surface area contributed by atoms with Gasteiger partial charge in [0.1, 0.15) is 11.6 Å². The van der Waals surface area contributed by atoms with Gasteiger partial charge < -0.3 is 10.1 Å². The normalized spacial score (nSPS) is 11.1. The van der Waals surface area contributed by atoms with Gasteiger partial charge in [-0.15, -0.1) is 0 Å². The quantitative estimate of drug-likeness (QED) is 0.726. The lowest BCUT2D eigenvalue weighted by Crippen LogP contribution is -2.22. The Labute approximate surface area is 155 Å². The maximum Gasteiger partial charge on any atom is 0.307 e. The number of halogens is 2. The molecule has 2 aromatic carbocycles. The van der Waals surface area contributed by atoms with Crippen LogP contribution >= 0.6 is 0 Å². The van der Waals surface area contributed by atoms with Crippen LogP contribution in [-0.2, 0) is 24.2 Å². The minimum absolute atomic E-state index is 0.0884. The minimum Gasteiger partial charge on any atom is -0.456 e. The Morgan fingerprint density at radius 2 is 1.74 bits per heavy atom. The molecule has 27 heavy (non-hydrogen) atoms. The molecule has 9 heteroatoms. The third-order valence-corrected chi connectivity index (χ3v) is 5.26. The van der Waals surface area contributed by atoms with Gasteiger partial charge in [-0.2, -0.15) is 0 Å². The number of aryl methyl sites for hydroxylation is 1. The molecule has 0 aliphatic rings. The largest absolute Gasteiger partial charge is 0.456 e. The third kappa shape index (κ3) is 6.14. The molecule has 0 fully saturated rings. The minimum atomic E-state index is -3.66. The van der Waals surface area contributed by atoms with E-state index in [1.165, 1.54) is 12.1 Å². The van der Waals surface area contributed by atoms with Gasteiger partial charge in [-0.05, 0) is 31.2 Å². The van der Waals surface area contributed by atoms with Crippen molar-refractivity contribution >= 4 is 27.4 Å². The van der Waals surface area contributed by atoms with Gasteiger partial charge in [0.15, 0.2) is 16.4 Å². The molecule has 0 aliphatic carbocycles. The molecule has 0 saturated heterocycles. The Hall–Kier alpha value is -2.81. The van der Waals surface area contributed by atoms with Crippen molar-refractivity contribution in [1.29, 1.82) is 0 Å². The maximum absolute atomic E-state index is 13.4. The van der Waals surface area contributed by atoms with Gasteiger partial charge in [0.05, 0.1) is 22.8 Å². The lowest BCUT2D eigenvalue weighted by molar-refractivity contribution is -0.146. The molecule has 2 aromatic rings. The van der Waals surface area contributed by atoms with Crippen molar-refractivity contribution in [3.63, 3.8) is 0 Å². The van der Waals surface area contributed by atoms with Crippen LogP contribution in [0.5, 0.6) is 0 Å². The van der Waals surface area contributed by atoms with Gasteiger partial charge >= 0.3 is 5.97 Å². The van der Waals surface area contributed by atoms with Crippen molar-refractivity contribution in [3.05, 3.63) is 59.7 Å². The molecule has 0 aromatic heterocycles. The molecule has 0 bridgehead atoms. The second-order valence-corrected chi connectivity index (χ2v) is 7.82. The fourth-order valence-electron chi connectivity index (χ4n) is 2.08. The summed E-state index contributed by atoms with van der Waals surface area (Å²) in [5, 5.41) is 2.12. The molecule has 0 saturated carbocycles. The average Bonchev–Trinajstić information content (AvgIpc) is 2.61. The molecule has 0 radical (unpaired) electrons. The van der Waals surface area contributed by atoms with E-state index in [-0.39, 0.29) is 10.6 Å². The highest BCUT2D eigenvalue weighted by molar-refractivity contribution is 7.91. The van der Waals surface area contributed by atoms with Crippen LogP contribution in [0.3, 0.4) is 0 Å². The Morgan fingerprint density at radius 3 is 2.37 bits per heavy atom. The van der Waals surface area contributed by atoms with E-state index < -0.39 is 52.1 Å². The Balaban J connectivity index is 1.81. The van der Waals surface area contributed by atoms with Gasteiger partial charge in [-0.1, -0.05) is 17.7 Å². The molecule has 0 atom stereocenters. The van der Waals surface area contributed by atoms with E-state index in [2.05, 4.69) is 10.1 Å². The molecule has 0 unspecified atom stereocenters. The summed E-state index contributed by atoms with van der Waals surface area (Å²) in [4.78, 5) is 23.4. The number of rotatable bonds is 7. The zero-order valence-electron chi connectivity index (χ0n) is 14.4. The number of sulfone groups is 1. The van der Waals surface area contributed by atoms with E-state index in [0.29, 0.717) is 6.07 Å². The van der Waals surface area contributed by atoms with Crippen molar-refractivity contribution in [2.75, 3.05) is 17.7 Å². The van der Waals surface area contributed by atoms with Crippen LogP contribution in [-0.4, -0.2) is 32.7 Å². The van der Waals surface area contributed by atoms with Crippen molar-refractivity contribution in [2.24, 2.45) is 0 Å². The highest BCUT2D eigenvalue weighted by Gasteiger charge is 2.18. The van der Waals surface area contributed by atoms with Gasteiger partial charge in [-0.25, -0.2) is 17.2 Å². The van der Waals surface area contributed by atoms with Crippen LogP contribution in [0.1, 0.15) is 12.0 Å². The van der Waals surface area contributed by atoms with Crippen LogP contribution in [0.25, 0.3) is 0 Å². The monoisotopic (exact) mass is 397 g/mol. The summed E-state index contributed by atoms with van der Waals surface area (Å²) < 4.78 is 55.2. The predicted molar refractivity (Wildman–Crippen MR) is 93.8 cm³/mol. The smallest absolute Gasteiger partial charge is 0.307 e. The van der Waals surface area contributed by atoms with Gasteiger partial charge in [0.25, 0.3) is 5.91 Å². The Kier molecular flexibility index (Phi) is 6.62. The fourth-order valence-corrected chi connectivity index (χ4v) is 3.30. The van der Waals surface area contributed by atoms with E-state index in [0.717, 1.165) is 17.7 Å². The summed E-state index contributed by atoms with van der Waals surface area (Å²) in [7, 11) is -3.66. The number of hydrogen-bond donors (Lipinski definition) is 1. The summed E-state index contributed by atoms with van der Waals surface area (Å²) >= 11 is 0. The first-order valence-corrected chi connectivity index (χ1v) is 9.52. The molecule has 144 valence electrons. The zero-order valence-corrected chi connectivity index (χ0v) is 15.2. The topological polar surface area (TPSA) is 89.5 Å². The highest BCUT2D eigenvalue weighted by atomic mass is 32.2. The van der Waals surface area contributed by atoms with E-state index >= 15 is 0 Å². The van der Waals surface area contributed by atoms with E-state index in [1.54, 1.807) is 12.1 Å². The fraction of sp³-hybridized carbons (Fsp3) is 0.222. The second kappa shape index (κ2) is 8.72. The predicted octanol–water partition coefficient (Wildman–Crippen LogP) is 2.62. The maximum atomic E-state index is 13.4. The number of anilines is 1. The van der Waals surface area contributed by atoms with Crippen LogP contribution in [0.4, 0.5) is 14.5 Å². The average molecular weight is 397 g/mol. The van der Waals surface area contributed by atoms with Crippen LogP contribution in [0.2, 0.25) is 0 Å². The first-order valence-electron chi connectivity index (χ1n) is 7.87. The summed E-state index contributed by atoms with van der Waals surface area (Å²) in [6, 6.07) is 8.76. The Bertz CT molecular complexity index is 943. The van der Waals surface area contributed by atoms with Crippen LogP contribution < -0.4 is 5.32 Å². The van der Waals surface area contributed by atoms with Crippen LogP contribution in [0, 0.1) is 18.6 Å². The summed E-state index contributed by atoms with van der Waals surface area (Å²) in [6.07, 6.45) is -0.436. The molecule has 1 amide bonds. The summed E-state index contributed by atoms with van der Waals surface area (Å²) in [5.74, 6) is -3.97. The molecular formula is C18H17F2NO5S. The molecule has 2 rings (SSSR count). The van der Waals surface area contributed by atoms with Gasteiger partial charge in [0, 0.05) is 6.07 Å². The number of ether oxygens (including phenoxy) is 1. The molecule has 1 N–H and O–H groups in total. The van der Waals surface area contributed by atoms with Crippen molar-refractivity contribution in [3.8, 4) is 0 Å². The van der Waals surface area contributed by atoms with E-state index in [9.17, 15) is 26.8 Å². The standard InChI is InChI=1S/C18H17F2NO5S/c1-12-2-5-14(6-3-12)27(24,25)9-8-18(23)26-11-17(22)21-16-7-4-13(19)10-15(16)20/h2-7,10H,8-9,11H2,1H3,(H,21,22). The Morgan fingerprint density at radius 1 is 1.07 bits per heavy atom. The number of carbonyl (C=O) groups excluding carboxylic acids is 2. The molecule has 0 spiro atoms. The highest BCUT2D eigenvalue weighted by Crippen LogP contribution is 2.15. The number of hydrogen-bond acceptors (Lipinski definition) is 5. The number of carbonyl (C=O) groups is 2. The lowest BCUT2D eigenvalue weighted by Gasteiger charge is -2.08.